The minimum absolute atomic E-state index is 0.716. The summed E-state index contributed by atoms with van der Waals surface area (Å²) in [6, 6.07) is 18.7. The summed E-state index contributed by atoms with van der Waals surface area (Å²) in [5, 5.41) is 12.3. The lowest BCUT2D eigenvalue weighted by molar-refractivity contribution is 0.282. The molecule has 5 heteroatoms. The Morgan fingerprint density at radius 1 is 1.00 bits per heavy atom. The normalized spacial score (nSPS) is 15.2. The number of anilines is 1. The molecule has 1 fully saturated rings. The summed E-state index contributed by atoms with van der Waals surface area (Å²) in [6.07, 6.45) is 1.13. The molecule has 0 unspecified atom stereocenters. The molecule has 0 N–H and O–H groups in total. The number of nitriles is 1. The van der Waals surface area contributed by atoms with Crippen LogP contribution in [0, 0.1) is 18.3 Å². The van der Waals surface area contributed by atoms with E-state index in [1.807, 2.05) is 12.1 Å². The third-order valence-electron chi connectivity index (χ3n) is 5.19. The van der Waals surface area contributed by atoms with E-state index in [1.54, 1.807) is 11.3 Å². The molecule has 2 heterocycles. The molecule has 3 aromatic rings. The lowest BCUT2D eigenvalue weighted by Gasteiger charge is -2.23. The predicted octanol–water partition coefficient (Wildman–Crippen LogP) is 4.70. The highest BCUT2D eigenvalue weighted by Crippen LogP contribution is 2.25. The minimum Gasteiger partial charge on any atom is -0.370 e. The van der Waals surface area contributed by atoms with Gasteiger partial charge in [0.05, 0.1) is 17.3 Å². The second-order valence-electron chi connectivity index (χ2n) is 7.29. The first kappa shape index (κ1) is 18.7. The first-order chi connectivity index (χ1) is 13.7. The van der Waals surface area contributed by atoms with E-state index < -0.39 is 0 Å². The molecule has 0 aliphatic carbocycles. The molecule has 142 valence electrons. The van der Waals surface area contributed by atoms with Crippen LogP contribution >= 0.6 is 11.3 Å². The third-order valence-corrected chi connectivity index (χ3v) is 6.13. The number of thiazole rings is 1. The molecule has 2 aromatic carbocycles. The Bertz CT molecular complexity index is 954. The fourth-order valence-corrected chi connectivity index (χ4v) is 4.39. The average Bonchev–Trinajstić information content (AvgIpc) is 3.06. The van der Waals surface area contributed by atoms with Gasteiger partial charge in [0.15, 0.2) is 0 Å². The largest absolute Gasteiger partial charge is 0.370 e. The van der Waals surface area contributed by atoms with Crippen LogP contribution in [0.1, 0.15) is 23.2 Å². The zero-order valence-corrected chi connectivity index (χ0v) is 17.0. The lowest BCUT2D eigenvalue weighted by atomic mass is 10.2. The van der Waals surface area contributed by atoms with Crippen molar-refractivity contribution in [3.8, 4) is 16.6 Å². The Kier molecular flexibility index (Phi) is 5.70. The zero-order valence-electron chi connectivity index (χ0n) is 16.1. The van der Waals surface area contributed by atoms with E-state index >= 15 is 0 Å². The average molecular weight is 389 g/mol. The van der Waals surface area contributed by atoms with Crippen molar-refractivity contribution in [1.82, 2.24) is 9.88 Å². The van der Waals surface area contributed by atoms with E-state index in [0.717, 1.165) is 49.8 Å². The number of hydrogen-bond donors (Lipinski definition) is 0. The fraction of sp³-hybridized carbons (Fsp3) is 0.304. The van der Waals surface area contributed by atoms with Gasteiger partial charge in [-0.2, -0.15) is 5.26 Å². The third kappa shape index (κ3) is 4.41. The summed E-state index contributed by atoms with van der Waals surface area (Å²) in [4.78, 5) is 9.78. The van der Waals surface area contributed by atoms with Crippen LogP contribution in [0.4, 0.5) is 5.69 Å². The number of hydrogen-bond acceptors (Lipinski definition) is 5. The van der Waals surface area contributed by atoms with Gasteiger partial charge in [-0.15, -0.1) is 11.3 Å². The minimum atomic E-state index is 0.716. The second-order valence-corrected chi connectivity index (χ2v) is 8.14. The zero-order chi connectivity index (χ0) is 19.3. The Balaban J connectivity index is 1.37. The topological polar surface area (TPSA) is 43.2 Å². The molecule has 1 aliphatic rings. The molecule has 0 bridgehead atoms. The lowest BCUT2D eigenvalue weighted by Crippen LogP contribution is -2.30. The number of nitrogens with zero attached hydrogens (tertiary/aromatic N) is 4. The first-order valence-electron chi connectivity index (χ1n) is 9.70. The van der Waals surface area contributed by atoms with Gasteiger partial charge in [0, 0.05) is 49.4 Å². The van der Waals surface area contributed by atoms with E-state index in [0.29, 0.717) is 5.56 Å². The molecule has 0 radical (unpaired) electrons. The molecular formula is C23H24N4S. The van der Waals surface area contributed by atoms with E-state index in [4.69, 9.17) is 10.2 Å². The van der Waals surface area contributed by atoms with Gasteiger partial charge in [-0.1, -0.05) is 29.8 Å². The van der Waals surface area contributed by atoms with Crippen molar-refractivity contribution >= 4 is 17.0 Å². The van der Waals surface area contributed by atoms with E-state index in [2.05, 4.69) is 64.6 Å². The van der Waals surface area contributed by atoms with Crippen LogP contribution in [0.25, 0.3) is 10.6 Å². The van der Waals surface area contributed by atoms with Gasteiger partial charge in [0.25, 0.3) is 0 Å². The molecule has 0 amide bonds. The number of rotatable bonds is 4. The monoisotopic (exact) mass is 388 g/mol. The number of aromatic nitrogens is 1. The Morgan fingerprint density at radius 3 is 2.54 bits per heavy atom. The van der Waals surface area contributed by atoms with Crippen LogP contribution in [-0.2, 0) is 6.54 Å². The highest BCUT2D eigenvalue weighted by molar-refractivity contribution is 7.13. The summed E-state index contributed by atoms with van der Waals surface area (Å²) in [5.74, 6) is 0. The van der Waals surface area contributed by atoms with E-state index in [1.165, 1.54) is 16.8 Å². The number of benzene rings is 2. The van der Waals surface area contributed by atoms with Crippen molar-refractivity contribution in [3.05, 3.63) is 70.7 Å². The maximum atomic E-state index is 8.97. The van der Waals surface area contributed by atoms with Gasteiger partial charge < -0.3 is 4.90 Å². The van der Waals surface area contributed by atoms with Gasteiger partial charge in [-0.3, -0.25) is 4.90 Å². The van der Waals surface area contributed by atoms with Crippen molar-refractivity contribution in [2.45, 2.75) is 19.9 Å². The summed E-state index contributed by atoms with van der Waals surface area (Å²) in [5.41, 5.74) is 5.55. The number of aryl methyl sites for hydroxylation is 1. The molecule has 4 nitrogen and oxygen atoms in total. The van der Waals surface area contributed by atoms with Crippen molar-refractivity contribution < 1.29 is 0 Å². The first-order valence-corrected chi connectivity index (χ1v) is 10.6. The van der Waals surface area contributed by atoms with Crippen molar-refractivity contribution in [3.63, 3.8) is 0 Å². The second kappa shape index (κ2) is 8.55. The predicted molar refractivity (Wildman–Crippen MR) is 116 cm³/mol. The molecule has 0 atom stereocenters. The Labute approximate surface area is 170 Å². The summed E-state index contributed by atoms with van der Waals surface area (Å²) in [6.45, 7) is 7.18. The van der Waals surface area contributed by atoms with E-state index in [9.17, 15) is 0 Å². The molecular weight excluding hydrogens is 364 g/mol. The SMILES string of the molecule is Cc1ccc(-c2nc(CN3CCCN(c4ccc(C#N)cc4)CC3)cs2)cc1. The van der Waals surface area contributed by atoms with E-state index in [-0.39, 0.29) is 0 Å². The summed E-state index contributed by atoms with van der Waals surface area (Å²) >= 11 is 1.73. The summed E-state index contributed by atoms with van der Waals surface area (Å²) in [7, 11) is 0. The Hall–Kier alpha value is -2.68. The van der Waals surface area contributed by atoms with Crippen LogP contribution in [0.5, 0.6) is 0 Å². The van der Waals surface area contributed by atoms with Crippen LogP contribution in [0.15, 0.2) is 53.9 Å². The molecule has 1 saturated heterocycles. The summed E-state index contributed by atoms with van der Waals surface area (Å²) < 4.78 is 0. The van der Waals surface area contributed by atoms with Crippen LogP contribution in [0.3, 0.4) is 0 Å². The quantitative estimate of drug-likeness (QED) is 0.650. The highest BCUT2D eigenvalue weighted by Gasteiger charge is 2.16. The molecule has 0 spiro atoms. The van der Waals surface area contributed by atoms with Gasteiger partial charge in [0.1, 0.15) is 5.01 Å². The van der Waals surface area contributed by atoms with Crippen molar-refractivity contribution in [1.29, 1.82) is 5.26 Å². The van der Waals surface area contributed by atoms with Crippen molar-refractivity contribution in [2.75, 3.05) is 31.1 Å². The standard InChI is InChI=1S/C23H24N4S/c1-18-3-7-20(8-4-18)23-25-21(17-28-23)16-26-11-2-12-27(14-13-26)22-9-5-19(15-24)6-10-22/h3-10,17H,2,11-14,16H2,1H3. The van der Waals surface area contributed by atoms with Gasteiger partial charge in [-0.05, 0) is 37.6 Å². The highest BCUT2D eigenvalue weighted by atomic mass is 32.1. The molecule has 0 saturated carbocycles. The maximum absolute atomic E-state index is 8.97. The van der Waals surface area contributed by atoms with Crippen LogP contribution in [-0.4, -0.2) is 36.1 Å². The molecule has 1 aromatic heterocycles. The molecule has 28 heavy (non-hydrogen) atoms. The molecule has 4 rings (SSSR count). The van der Waals surface area contributed by atoms with Gasteiger partial charge in [0.2, 0.25) is 0 Å². The molecule has 1 aliphatic heterocycles. The smallest absolute Gasteiger partial charge is 0.123 e. The fourth-order valence-electron chi connectivity index (χ4n) is 3.57. The van der Waals surface area contributed by atoms with Gasteiger partial charge >= 0.3 is 0 Å². The Morgan fingerprint density at radius 2 is 1.79 bits per heavy atom. The van der Waals surface area contributed by atoms with Crippen molar-refractivity contribution in [2.24, 2.45) is 0 Å². The van der Waals surface area contributed by atoms with Gasteiger partial charge in [-0.25, -0.2) is 4.98 Å². The van der Waals surface area contributed by atoms with Crippen LogP contribution < -0.4 is 4.90 Å². The maximum Gasteiger partial charge on any atom is 0.123 e. The van der Waals surface area contributed by atoms with Crippen LogP contribution in [0.2, 0.25) is 0 Å².